The van der Waals surface area contributed by atoms with Crippen LogP contribution in [-0.4, -0.2) is 50.2 Å². The van der Waals surface area contributed by atoms with E-state index in [4.69, 9.17) is 4.74 Å². The van der Waals surface area contributed by atoms with Crippen LogP contribution in [-0.2, 0) is 14.8 Å². The number of nitrogens with one attached hydrogen (secondary N) is 1. The molecule has 1 aromatic heterocycles. The highest BCUT2D eigenvalue weighted by Crippen LogP contribution is 2.25. The van der Waals surface area contributed by atoms with E-state index in [1.54, 1.807) is 20.8 Å². The van der Waals surface area contributed by atoms with E-state index in [-0.39, 0.29) is 5.69 Å². The number of H-pyrrole nitrogens is 1. The second-order valence-electron chi connectivity index (χ2n) is 6.62. The summed E-state index contributed by atoms with van der Waals surface area (Å²) in [7, 11) is -1.98. The molecule has 0 aliphatic carbocycles. The first kappa shape index (κ1) is 21.6. The number of Topliss-reactive ketones (excluding diaryl/α,β-unsaturated/α-hetero) is 1. The molecule has 0 radical (unpaired) electrons. The number of nitrogens with zero attached hydrogens (tertiary/aromatic N) is 1. The molecule has 0 spiro atoms. The molecule has 0 fully saturated rings. The van der Waals surface area contributed by atoms with Gasteiger partial charge in [0.15, 0.2) is 12.4 Å². The SMILES string of the molecule is Cc1[nH]c(C(=O)OCC(=O)c2ccc(N(C)S(C)(=O)=O)cc2)c(C)c1[C@H](C)O. The van der Waals surface area contributed by atoms with Gasteiger partial charge in [0.2, 0.25) is 10.0 Å². The maximum absolute atomic E-state index is 12.3. The summed E-state index contributed by atoms with van der Waals surface area (Å²) in [6, 6.07) is 5.96. The number of benzene rings is 1. The predicted octanol–water partition coefficient (Wildman–Crippen LogP) is 2.12. The van der Waals surface area contributed by atoms with Gasteiger partial charge in [-0.25, -0.2) is 13.2 Å². The van der Waals surface area contributed by atoms with Crippen molar-refractivity contribution in [2.75, 3.05) is 24.2 Å². The van der Waals surface area contributed by atoms with Crippen molar-refractivity contribution < 1.29 is 27.9 Å². The summed E-state index contributed by atoms with van der Waals surface area (Å²) in [4.78, 5) is 27.4. The Morgan fingerprint density at radius 1 is 1.21 bits per heavy atom. The molecule has 9 heteroatoms. The third-order valence-corrected chi connectivity index (χ3v) is 5.71. The smallest absolute Gasteiger partial charge is 0.355 e. The van der Waals surface area contributed by atoms with Gasteiger partial charge in [-0.2, -0.15) is 0 Å². The van der Waals surface area contributed by atoms with E-state index < -0.39 is 34.5 Å². The molecule has 8 nitrogen and oxygen atoms in total. The van der Waals surface area contributed by atoms with Crippen molar-refractivity contribution in [3.8, 4) is 0 Å². The quantitative estimate of drug-likeness (QED) is 0.535. The fourth-order valence-corrected chi connectivity index (χ4v) is 3.44. The van der Waals surface area contributed by atoms with Crippen LogP contribution in [0, 0.1) is 13.8 Å². The molecule has 0 unspecified atom stereocenters. The summed E-state index contributed by atoms with van der Waals surface area (Å²) in [5, 5.41) is 9.79. The molecule has 2 N–H and O–H groups in total. The average molecular weight is 408 g/mol. The number of sulfonamides is 1. The Balaban J connectivity index is 2.06. The second-order valence-corrected chi connectivity index (χ2v) is 8.63. The number of ketones is 1. The summed E-state index contributed by atoms with van der Waals surface area (Å²) < 4.78 is 29.3. The monoisotopic (exact) mass is 408 g/mol. The van der Waals surface area contributed by atoms with E-state index in [0.717, 1.165) is 10.6 Å². The van der Waals surface area contributed by atoms with Crippen LogP contribution in [0.15, 0.2) is 24.3 Å². The van der Waals surface area contributed by atoms with Gasteiger partial charge in [0, 0.05) is 23.9 Å². The first-order chi connectivity index (χ1) is 12.9. The van der Waals surface area contributed by atoms with Gasteiger partial charge >= 0.3 is 5.97 Å². The van der Waals surface area contributed by atoms with E-state index in [1.165, 1.54) is 31.3 Å². The van der Waals surface area contributed by atoms with Gasteiger partial charge in [-0.3, -0.25) is 9.10 Å². The number of aromatic amines is 1. The van der Waals surface area contributed by atoms with Crippen LogP contribution in [0.1, 0.15) is 50.7 Å². The molecule has 152 valence electrons. The van der Waals surface area contributed by atoms with Gasteiger partial charge in [0.05, 0.1) is 18.0 Å². The van der Waals surface area contributed by atoms with Crippen LogP contribution >= 0.6 is 0 Å². The van der Waals surface area contributed by atoms with E-state index in [0.29, 0.717) is 28.1 Å². The lowest BCUT2D eigenvalue weighted by atomic mass is 10.1. The molecular weight excluding hydrogens is 384 g/mol. The largest absolute Gasteiger partial charge is 0.453 e. The van der Waals surface area contributed by atoms with Crippen molar-refractivity contribution in [3.05, 3.63) is 52.3 Å². The summed E-state index contributed by atoms with van der Waals surface area (Å²) >= 11 is 0. The summed E-state index contributed by atoms with van der Waals surface area (Å²) in [6.07, 6.45) is 0.349. The number of carbonyl (C=O) groups is 2. The lowest BCUT2D eigenvalue weighted by molar-refractivity contribution is 0.0468. The lowest BCUT2D eigenvalue weighted by Crippen LogP contribution is -2.24. The Morgan fingerprint density at radius 2 is 1.79 bits per heavy atom. The number of aromatic nitrogens is 1. The van der Waals surface area contributed by atoms with Crippen molar-refractivity contribution in [1.29, 1.82) is 0 Å². The first-order valence-electron chi connectivity index (χ1n) is 8.55. The zero-order valence-corrected chi connectivity index (χ0v) is 17.3. The van der Waals surface area contributed by atoms with Gasteiger partial charge in [0.1, 0.15) is 5.69 Å². The lowest BCUT2D eigenvalue weighted by Gasteiger charge is -2.16. The molecule has 28 heavy (non-hydrogen) atoms. The van der Waals surface area contributed by atoms with Gasteiger partial charge in [-0.1, -0.05) is 0 Å². The molecule has 0 aliphatic rings. The predicted molar refractivity (Wildman–Crippen MR) is 105 cm³/mol. The zero-order chi connectivity index (χ0) is 21.2. The summed E-state index contributed by atoms with van der Waals surface area (Å²) in [6.45, 7) is 4.58. The molecule has 1 heterocycles. The maximum atomic E-state index is 12.3. The molecule has 1 atom stereocenters. The van der Waals surface area contributed by atoms with Crippen LogP contribution < -0.4 is 4.31 Å². The number of aryl methyl sites for hydroxylation is 1. The first-order valence-corrected chi connectivity index (χ1v) is 10.4. The molecule has 1 aromatic carbocycles. The van der Waals surface area contributed by atoms with Crippen molar-refractivity contribution in [2.45, 2.75) is 26.9 Å². The van der Waals surface area contributed by atoms with Gasteiger partial charge in [-0.15, -0.1) is 0 Å². The van der Waals surface area contributed by atoms with E-state index >= 15 is 0 Å². The van der Waals surface area contributed by atoms with Crippen molar-refractivity contribution in [3.63, 3.8) is 0 Å². The van der Waals surface area contributed by atoms with Crippen LogP contribution in [0.5, 0.6) is 0 Å². The molecule has 0 saturated heterocycles. The minimum atomic E-state index is -3.40. The molecule has 2 aromatic rings. The second kappa shape index (κ2) is 8.15. The third kappa shape index (κ3) is 4.60. The van der Waals surface area contributed by atoms with Crippen molar-refractivity contribution in [1.82, 2.24) is 4.98 Å². The number of hydrogen-bond acceptors (Lipinski definition) is 6. The number of aliphatic hydroxyl groups is 1. The number of aliphatic hydroxyl groups excluding tert-OH is 1. The van der Waals surface area contributed by atoms with Gasteiger partial charge in [0.25, 0.3) is 0 Å². The Hall–Kier alpha value is -2.65. The Morgan fingerprint density at radius 3 is 2.25 bits per heavy atom. The fraction of sp³-hybridized carbons (Fsp3) is 0.368. The van der Waals surface area contributed by atoms with Crippen LogP contribution in [0.4, 0.5) is 5.69 Å². The number of esters is 1. The number of hydrogen-bond donors (Lipinski definition) is 2. The molecule has 0 aliphatic heterocycles. The normalized spacial score (nSPS) is 12.5. The van der Waals surface area contributed by atoms with Crippen molar-refractivity contribution in [2.24, 2.45) is 0 Å². The Bertz CT molecular complexity index is 990. The highest BCUT2D eigenvalue weighted by molar-refractivity contribution is 7.92. The van der Waals surface area contributed by atoms with Crippen LogP contribution in [0.3, 0.4) is 0 Å². The van der Waals surface area contributed by atoms with E-state index in [9.17, 15) is 23.1 Å². The van der Waals surface area contributed by atoms with Crippen LogP contribution in [0.25, 0.3) is 0 Å². The number of carbonyl (C=O) groups excluding carboxylic acids is 2. The van der Waals surface area contributed by atoms with Crippen LogP contribution in [0.2, 0.25) is 0 Å². The summed E-state index contributed by atoms with van der Waals surface area (Å²) in [5.41, 5.74) is 2.78. The number of ether oxygens (including phenoxy) is 1. The highest BCUT2D eigenvalue weighted by atomic mass is 32.2. The minimum Gasteiger partial charge on any atom is -0.453 e. The van der Waals surface area contributed by atoms with Gasteiger partial charge < -0.3 is 14.8 Å². The maximum Gasteiger partial charge on any atom is 0.355 e. The molecule has 0 amide bonds. The van der Waals surface area contributed by atoms with Crippen molar-refractivity contribution >= 4 is 27.5 Å². The standard InChI is InChI=1S/C19H24N2O6S/c1-11-17(13(3)22)12(2)20-18(11)19(24)27-10-16(23)14-6-8-15(9-7-14)21(4)28(5,25)26/h6-9,13,20,22H,10H2,1-5H3/t13-/m0/s1. The van der Waals surface area contributed by atoms with Gasteiger partial charge in [-0.05, 0) is 50.6 Å². The molecular formula is C19H24N2O6S. The Labute approximate surface area is 164 Å². The molecule has 0 bridgehead atoms. The Kier molecular flexibility index (Phi) is 6.30. The zero-order valence-electron chi connectivity index (χ0n) is 16.4. The number of anilines is 1. The fourth-order valence-electron chi connectivity index (χ4n) is 2.93. The van der Waals surface area contributed by atoms with E-state index in [1.807, 2.05) is 0 Å². The third-order valence-electron chi connectivity index (χ3n) is 4.50. The summed E-state index contributed by atoms with van der Waals surface area (Å²) in [5.74, 6) is -1.10. The highest BCUT2D eigenvalue weighted by Gasteiger charge is 2.22. The molecule has 0 saturated carbocycles. The molecule has 2 rings (SSSR count). The topological polar surface area (TPSA) is 117 Å². The van der Waals surface area contributed by atoms with E-state index in [2.05, 4.69) is 4.98 Å². The number of rotatable bonds is 7. The minimum absolute atomic E-state index is 0.200. The average Bonchev–Trinajstić information content (AvgIpc) is 2.92.